The molecule has 2 aromatic heterocycles. The van der Waals surface area contributed by atoms with E-state index in [9.17, 15) is 0 Å². The Labute approximate surface area is 74.3 Å². The monoisotopic (exact) mass is 177 g/mol. The quantitative estimate of drug-likeness (QED) is 0.667. The third kappa shape index (κ3) is 1.33. The zero-order chi connectivity index (χ0) is 8.39. The minimum Gasteiger partial charge on any atom is -0.262 e. The smallest absolute Gasteiger partial charge is 0.172 e. The molecule has 0 unspecified atom stereocenters. The maximum absolute atomic E-state index is 4.13. The maximum atomic E-state index is 4.13. The van der Waals surface area contributed by atoms with Crippen molar-refractivity contribution in [2.75, 3.05) is 0 Å². The topological polar surface area (TPSA) is 38.7 Å². The van der Waals surface area contributed by atoms with Gasteiger partial charge in [-0.05, 0) is 30.6 Å². The second-order valence-electron chi connectivity index (χ2n) is 2.44. The Bertz CT molecular complexity index is 370. The highest BCUT2D eigenvalue weighted by Gasteiger charge is 2.00. The van der Waals surface area contributed by atoms with Crippen LogP contribution in [0.1, 0.15) is 5.69 Å². The van der Waals surface area contributed by atoms with Crippen LogP contribution < -0.4 is 0 Å². The van der Waals surface area contributed by atoms with Crippen LogP contribution in [0.25, 0.3) is 11.4 Å². The van der Waals surface area contributed by atoms with E-state index in [1.165, 1.54) is 11.5 Å². The molecule has 0 aliphatic carbocycles. The van der Waals surface area contributed by atoms with Crippen molar-refractivity contribution in [3.63, 3.8) is 0 Å². The number of nitrogens with zero attached hydrogens (tertiary/aromatic N) is 3. The summed E-state index contributed by atoms with van der Waals surface area (Å²) < 4.78 is 4.13. The molecule has 0 saturated heterocycles. The van der Waals surface area contributed by atoms with Gasteiger partial charge in [-0.2, -0.15) is 4.37 Å². The van der Waals surface area contributed by atoms with Crippen LogP contribution in [0.2, 0.25) is 0 Å². The van der Waals surface area contributed by atoms with Crippen LogP contribution in [-0.4, -0.2) is 14.3 Å². The molecule has 0 aromatic carbocycles. The average molecular weight is 177 g/mol. The van der Waals surface area contributed by atoms with E-state index in [1.54, 1.807) is 11.7 Å². The van der Waals surface area contributed by atoms with Crippen LogP contribution in [0, 0.1) is 6.92 Å². The van der Waals surface area contributed by atoms with E-state index < -0.39 is 0 Å². The average Bonchev–Trinajstić information content (AvgIpc) is 2.56. The molecular formula is C8H7N3S. The highest BCUT2D eigenvalue weighted by atomic mass is 32.1. The van der Waals surface area contributed by atoms with Gasteiger partial charge in [0.05, 0.1) is 0 Å². The molecule has 3 nitrogen and oxygen atoms in total. The van der Waals surface area contributed by atoms with Crippen molar-refractivity contribution in [1.29, 1.82) is 0 Å². The molecule has 2 heterocycles. The number of hydrogen-bond acceptors (Lipinski definition) is 4. The molecule has 0 atom stereocenters. The zero-order valence-electron chi connectivity index (χ0n) is 6.56. The third-order valence-electron chi connectivity index (χ3n) is 1.52. The lowest BCUT2D eigenvalue weighted by Gasteiger charge is -1.94. The normalized spacial score (nSPS) is 10.1. The van der Waals surface area contributed by atoms with Crippen LogP contribution in [0.4, 0.5) is 0 Å². The van der Waals surface area contributed by atoms with E-state index in [2.05, 4.69) is 14.3 Å². The Morgan fingerprint density at radius 3 is 2.92 bits per heavy atom. The summed E-state index contributed by atoms with van der Waals surface area (Å²) in [6.45, 7) is 1.95. The summed E-state index contributed by atoms with van der Waals surface area (Å²) in [7, 11) is 0. The summed E-state index contributed by atoms with van der Waals surface area (Å²) in [6, 6.07) is 3.89. The molecule has 4 heteroatoms. The minimum absolute atomic E-state index is 0.783. The fourth-order valence-electron chi connectivity index (χ4n) is 0.982. The molecule has 0 bridgehead atoms. The van der Waals surface area contributed by atoms with Gasteiger partial charge in [-0.15, -0.1) is 0 Å². The molecule has 0 spiro atoms. The molecule has 12 heavy (non-hydrogen) atoms. The van der Waals surface area contributed by atoms with Crippen molar-refractivity contribution in [2.24, 2.45) is 0 Å². The van der Waals surface area contributed by atoms with E-state index >= 15 is 0 Å². The van der Waals surface area contributed by atoms with Crippen LogP contribution in [0.3, 0.4) is 0 Å². The second kappa shape index (κ2) is 2.98. The van der Waals surface area contributed by atoms with E-state index in [0.29, 0.717) is 0 Å². The Kier molecular flexibility index (Phi) is 1.83. The van der Waals surface area contributed by atoms with Crippen molar-refractivity contribution in [2.45, 2.75) is 6.92 Å². The highest BCUT2D eigenvalue weighted by Crippen LogP contribution is 2.14. The minimum atomic E-state index is 0.783. The summed E-state index contributed by atoms with van der Waals surface area (Å²) >= 11 is 1.36. The van der Waals surface area contributed by atoms with Gasteiger partial charge in [-0.1, -0.05) is 0 Å². The molecule has 0 amide bonds. The molecule has 0 radical (unpaired) electrons. The molecule has 0 saturated carbocycles. The molecular weight excluding hydrogens is 170 g/mol. The number of aryl methyl sites for hydroxylation is 1. The first-order valence-corrected chi connectivity index (χ1v) is 4.39. The predicted molar refractivity (Wildman–Crippen MR) is 47.9 cm³/mol. The standard InChI is InChI=1S/C8H7N3S/c1-6-4-7(2-3-9-6)8-10-5-12-11-8/h2-5H,1H3. The first kappa shape index (κ1) is 7.36. The Morgan fingerprint density at radius 2 is 2.25 bits per heavy atom. The van der Waals surface area contributed by atoms with Crippen molar-refractivity contribution < 1.29 is 0 Å². The van der Waals surface area contributed by atoms with Crippen molar-refractivity contribution in [3.8, 4) is 11.4 Å². The second-order valence-corrected chi connectivity index (χ2v) is 3.04. The first-order valence-electron chi connectivity index (χ1n) is 3.55. The van der Waals surface area contributed by atoms with Gasteiger partial charge >= 0.3 is 0 Å². The molecule has 0 N–H and O–H groups in total. The maximum Gasteiger partial charge on any atom is 0.172 e. The zero-order valence-corrected chi connectivity index (χ0v) is 7.38. The molecule has 0 fully saturated rings. The SMILES string of the molecule is Cc1cc(-c2ncsn2)ccn1. The van der Waals surface area contributed by atoms with Crippen LogP contribution in [-0.2, 0) is 0 Å². The van der Waals surface area contributed by atoms with E-state index in [0.717, 1.165) is 17.1 Å². The molecule has 2 aromatic rings. The summed E-state index contributed by atoms with van der Waals surface area (Å²) in [5.74, 6) is 0.783. The number of aromatic nitrogens is 3. The molecule has 0 aliphatic heterocycles. The fourth-order valence-corrected chi connectivity index (χ4v) is 1.43. The van der Waals surface area contributed by atoms with Gasteiger partial charge in [0.1, 0.15) is 5.51 Å². The van der Waals surface area contributed by atoms with Gasteiger partial charge in [-0.25, -0.2) is 4.98 Å². The molecule has 2 rings (SSSR count). The van der Waals surface area contributed by atoms with Gasteiger partial charge in [0.15, 0.2) is 5.82 Å². The van der Waals surface area contributed by atoms with Gasteiger partial charge in [0.25, 0.3) is 0 Å². The van der Waals surface area contributed by atoms with E-state index in [-0.39, 0.29) is 0 Å². The van der Waals surface area contributed by atoms with Crippen LogP contribution in [0.15, 0.2) is 23.8 Å². The lowest BCUT2D eigenvalue weighted by molar-refractivity contribution is 1.19. The predicted octanol–water partition coefficient (Wildman–Crippen LogP) is 1.91. The van der Waals surface area contributed by atoms with E-state index in [1.807, 2.05) is 19.1 Å². The summed E-state index contributed by atoms with van der Waals surface area (Å²) in [6.07, 6.45) is 1.77. The lowest BCUT2D eigenvalue weighted by atomic mass is 10.2. The molecule has 0 aliphatic rings. The van der Waals surface area contributed by atoms with E-state index in [4.69, 9.17) is 0 Å². The number of pyridine rings is 1. The first-order chi connectivity index (χ1) is 5.86. The Balaban J connectivity index is 2.48. The van der Waals surface area contributed by atoms with Crippen molar-refractivity contribution in [3.05, 3.63) is 29.5 Å². The summed E-state index contributed by atoms with van der Waals surface area (Å²) in [5.41, 5.74) is 3.75. The van der Waals surface area contributed by atoms with Gasteiger partial charge < -0.3 is 0 Å². The summed E-state index contributed by atoms with van der Waals surface area (Å²) in [5, 5.41) is 0. The fraction of sp³-hybridized carbons (Fsp3) is 0.125. The van der Waals surface area contributed by atoms with Crippen LogP contribution in [0.5, 0.6) is 0 Å². The Morgan fingerprint density at radius 1 is 1.33 bits per heavy atom. The van der Waals surface area contributed by atoms with Gasteiger partial charge in [-0.3, -0.25) is 4.98 Å². The Hall–Kier alpha value is -1.29. The number of rotatable bonds is 1. The van der Waals surface area contributed by atoms with Crippen molar-refractivity contribution in [1.82, 2.24) is 14.3 Å². The van der Waals surface area contributed by atoms with Crippen molar-refractivity contribution >= 4 is 11.5 Å². The summed E-state index contributed by atoms with van der Waals surface area (Å²) in [4.78, 5) is 8.20. The van der Waals surface area contributed by atoms with Gasteiger partial charge in [0.2, 0.25) is 0 Å². The number of hydrogen-bond donors (Lipinski definition) is 0. The van der Waals surface area contributed by atoms with Crippen LogP contribution >= 0.6 is 11.5 Å². The third-order valence-corrected chi connectivity index (χ3v) is 1.99. The molecule has 60 valence electrons. The highest BCUT2D eigenvalue weighted by molar-refractivity contribution is 7.03. The largest absolute Gasteiger partial charge is 0.262 e. The van der Waals surface area contributed by atoms with Gasteiger partial charge in [0, 0.05) is 17.5 Å². The lowest BCUT2D eigenvalue weighted by Crippen LogP contribution is -1.83.